The minimum absolute atomic E-state index is 0.0982. The van der Waals surface area contributed by atoms with Crippen LogP contribution in [0, 0.1) is 5.92 Å². The van der Waals surface area contributed by atoms with Crippen molar-refractivity contribution in [1.82, 2.24) is 10.6 Å². The van der Waals surface area contributed by atoms with Crippen LogP contribution in [0.3, 0.4) is 0 Å². The van der Waals surface area contributed by atoms with E-state index < -0.39 is 11.5 Å². The van der Waals surface area contributed by atoms with E-state index >= 15 is 0 Å². The molecule has 1 heterocycles. The molecular formula is C11H20N2O3. The highest BCUT2D eigenvalue weighted by molar-refractivity contribution is 5.87. The zero-order valence-corrected chi connectivity index (χ0v) is 9.88. The van der Waals surface area contributed by atoms with Gasteiger partial charge in [0.25, 0.3) is 0 Å². The molecule has 1 amide bonds. The molecule has 0 aromatic heterocycles. The van der Waals surface area contributed by atoms with Crippen LogP contribution in [0.1, 0.15) is 33.1 Å². The molecule has 0 aromatic rings. The molecule has 1 unspecified atom stereocenters. The zero-order chi connectivity index (χ0) is 12.2. The molecular weight excluding hydrogens is 208 g/mol. The Labute approximate surface area is 95.6 Å². The second-order valence-corrected chi connectivity index (χ2v) is 4.52. The Kier molecular flexibility index (Phi) is 4.29. The van der Waals surface area contributed by atoms with Crippen LogP contribution in [0.5, 0.6) is 0 Å². The lowest BCUT2D eigenvalue weighted by Gasteiger charge is -2.29. The number of carbonyl (C=O) groups is 2. The summed E-state index contributed by atoms with van der Waals surface area (Å²) < 4.78 is 0. The highest BCUT2D eigenvalue weighted by Crippen LogP contribution is 2.14. The number of carboxylic acids is 1. The Morgan fingerprint density at radius 1 is 1.56 bits per heavy atom. The van der Waals surface area contributed by atoms with Crippen LogP contribution in [0.4, 0.5) is 0 Å². The third kappa shape index (κ3) is 2.95. The highest BCUT2D eigenvalue weighted by atomic mass is 16.4. The number of amides is 1. The molecule has 0 spiro atoms. The summed E-state index contributed by atoms with van der Waals surface area (Å²) in [7, 11) is 0. The Bertz CT molecular complexity index is 274. The van der Waals surface area contributed by atoms with Crippen LogP contribution >= 0.6 is 0 Å². The maximum Gasteiger partial charge on any atom is 0.329 e. The van der Waals surface area contributed by atoms with Gasteiger partial charge in [-0.05, 0) is 32.7 Å². The number of aliphatic carboxylic acids is 1. The molecule has 16 heavy (non-hydrogen) atoms. The molecule has 1 rings (SSSR count). The number of nitrogens with one attached hydrogen (secondary N) is 2. The monoisotopic (exact) mass is 228 g/mol. The maximum absolute atomic E-state index is 11.9. The summed E-state index contributed by atoms with van der Waals surface area (Å²) >= 11 is 0. The Hall–Kier alpha value is -1.10. The molecule has 1 aliphatic rings. The number of hydrogen-bond donors (Lipinski definition) is 3. The zero-order valence-electron chi connectivity index (χ0n) is 9.88. The van der Waals surface area contributed by atoms with E-state index in [1.165, 1.54) is 0 Å². The van der Waals surface area contributed by atoms with Gasteiger partial charge in [-0.3, -0.25) is 4.79 Å². The molecule has 5 nitrogen and oxygen atoms in total. The van der Waals surface area contributed by atoms with E-state index in [9.17, 15) is 9.59 Å². The SMILES string of the molecule is CCC(C)(NC(=O)[C@@H]1CCCNC1)C(=O)O. The van der Waals surface area contributed by atoms with Gasteiger partial charge in [0, 0.05) is 6.54 Å². The molecule has 2 atom stereocenters. The van der Waals surface area contributed by atoms with Crippen molar-refractivity contribution in [1.29, 1.82) is 0 Å². The standard InChI is InChI=1S/C11H20N2O3/c1-3-11(2,10(15)16)13-9(14)8-5-4-6-12-7-8/h8,12H,3-7H2,1-2H3,(H,13,14)(H,15,16)/t8-,11?/m1/s1. The Balaban J connectivity index is 2.57. The van der Waals surface area contributed by atoms with Gasteiger partial charge in [0.1, 0.15) is 5.54 Å². The molecule has 0 radical (unpaired) electrons. The van der Waals surface area contributed by atoms with E-state index in [-0.39, 0.29) is 11.8 Å². The first-order valence-electron chi connectivity index (χ1n) is 5.75. The normalized spacial score (nSPS) is 24.5. The van der Waals surface area contributed by atoms with E-state index in [1.807, 2.05) is 0 Å². The molecule has 3 N–H and O–H groups in total. The molecule has 1 fully saturated rings. The number of carbonyl (C=O) groups excluding carboxylic acids is 1. The lowest BCUT2D eigenvalue weighted by atomic mass is 9.94. The van der Waals surface area contributed by atoms with Gasteiger partial charge in [0.2, 0.25) is 5.91 Å². The summed E-state index contributed by atoms with van der Waals surface area (Å²) in [5.41, 5.74) is -1.14. The summed E-state index contributed by atoms with van der Waals surface area (Å²) in [6, 6.07) is 0. The first-order chi connectivity index (χ1) is 7.49. The van der Waals surface area contributed by atoms with Gasteiger partial charge in [0.15, 0.2) is 0 Å². The minimum Gasteiger partial charge on any atom is -0.480 e. The molecule has 1 aliphatic heterocycles. The second kappa shape index (κ2) is 5.30. The predicted octanol–water partition coefficient (Wildman–Crippen LogP) is 0.356. The molecule has 0 aliphatic carbocycles. The van der Waals surface area contributed by atoms with Gasteiger partial charge < -0.3 is 15.7 Å². The van der Waals surface area contributed by atoms with Gasteiger partial charge in [-0.15, -0.1) is 0 Å². The lowest BCUT2D eigenvalue weighted by molar-refractivity contribution is -0.147. The van der Waals surface area contributed by atoms with E-state index in [4.69, 9.17) is 5.11 Å². The topological polar surface area (TPSA) is 78.4 Å². The van der Waals surface area contributed by atoms with E-state index in [1.54, 1.807) is 13.8 Å². The van der Waals surface area contributed by atoms with Crippen LogP contribution in [0.15, 0.2) is 0 Å². The first-order valence-corrected chi connectivity index (χ1v) is 5.75. The summed E-state index contributed by atoms with van der Waals surface area (Å²) in [6.07, 6.45) is 2.18. The smallest absolute Gasteiger partial charge is 0.329 e. The van der Waals surface area contributed by atoms with Crippen molar-refractivity contribution in [2.24, 2.45) is 5.92 Å². The van der Waals surface area contributed by atoms with E-state index in [0.717, 1.165) is 19.4 Å². The Morgan fingerprint density at radius 2 is 2.25 bits per heavy atom. The molecule has 92 valence electrons. The van der Waals surface area contributed by atoms with Crippen molar-refractivity contribution in [2.45, 2.75) is 38.6 Å². The van der Waals surface area contributed by atoms with Crippen molar-refractivity contribution in [3.05, 3.63) is 0 Å². The average Bonchev–Trinajstić information content (AvgIpc) is 2.29. The summed E-state index contributed by atoms with van der Waals surface area (Å²) in [6.45, 7) is 4.88. The largest absolute Gasteiger partial charge is 0.480 e. The van der Waals surface area contributed by atoms with Gasteiger partial charge in [-0.1, -0.05) is 6.92 Å². The number of piperidine rings is 1. The predicted molar refractivity (Wildman–Crippen MR) is 60.1 cm³/mol. The van der Waals surface area contributed by atoms with Crippen LogP contribution in [0.2, 0.25) is 0 Å². The number of carboxylic acid groups (broad SMARTS) is 1. The van der Waals surface area contributed by atoms with E-state index in [0.29, 0.717) is 13.0 Å². The quantitative estimate of drug-likeness (QED) is 0.649. The molecule has 0 saturated carbocycles. The number of hydrogen-bond acceptors (Lipinski definition) is 3. The van der Waals surface area contributed by atoms with Gasteiger partial charge in [-0.2, -0.15) is 0 Å². The fourth-order valence-corrected chi connectivity index (χ4v) is 1.74. The summed E-state index contributed by atoms with van der Waals surface area (Å²) in [5, 5.41) is 14.8. The van der Waals surface area contributed by atoms with Crippen molar-refractivity contribution < 1.29 is 14.7 Å². The molecule has 0 aromatic carbocycles. The van der Waals surface area contributed by atoms with Crippen LogP contribution in [-0.4, -0.2) is 35.6 Å². The van der Waals surface area contributed by atoms with Crippen LogP contribution in [-0.2, 0) is 9.59 Å². The molecule has 0 bridgehead atoms. The molecule has 5 heteroatoms. The second-order valence-electron chi connectivity index (χ2n) is 4.52. The van der Waals surface area contributed by atoms with Crippen molar-refractivity contribution in [3.8, 4) is 0 Å². The third-order valence-corrected chi connectivity index (χ3v) is 3.25. The van der Waals surface area contributed by atoms with Gasteiger partial charge in [0.05, 0.1) is 5.92 Å². The first kappa shape index (κ1) is 13.0. The van der Waals surface area contributed by atoms with Crippen LogP contribution in [0.25, 0.3) is 0 Å². The van der Waals surface area contributed by atoms with Crippen molar-refractivity contribution in [2.75, 3.05) is 13.1 Å². The van der Waals surface area contributed by atoms with E-state index in [2.05, 4.69) is 10.6 Å². The van der Waals surface area contributed by atoms with Crippen molar-refractivity contribution >= 4 is 11.9 Å². The third-order valence-electron chi connectivity index (χ3n) is 3.25. The fourth-order valence-electron chi connectivity index (χ4n) is 1.74. The maximum atomic E-state index is 11.9. The summed E-state index contributed by atoms with van der Waals surface area (Å²) in [4.78, 5) is 22.9. The van der Waals surface area contributed by atoms with Gasteiger partial charge in [-0.25, -0.2) is 4.79 Å². The highest BCUT2D eigenvalue weighted by Gasteiger charge is 2.35. The fraction of sp³-hybridized carbons (Fsp3) is 0.818. The number of rotatable bonds is 4. The Morgan fingerprint density at radius 3 is 2.69 bits per heavy atom. The van der Waals surface area contributed by atoms with Crippen molar-refractivity contribution in [3.63, 3.8) is 0 Å². The average molecular weight is 228 g/mol. The summed E-state index contributed by atoms with van der Waals surface area (Å²) in [5.74, 6) is -1.23. The molecule has 1 saturated heterocycles. The van der Waals surface area contributed by atoms with Crippen LogP contribution < -0.4 is 10.6 Å². The minimum atomic E-state index is -1.14. The lowest BCUT2D eigenvalue weighted by Crippen LogP contribution is -2.54. The van der Waals surface area contributed by atoms with Gasteiger partial charge >= 0.3 is 5.97 Å².